The van der Waals surface area contributed by atoms with Crippen molar-refractivity contribution in [2.75, 3.05) is 5.73 Å². The maximum Gasteiger partial charge on any atom is 0.271 e. The lowest BCUT2D eigenvalue weighted by Crippen LogP contribution is -2.24. The molecule has 0 spiro atoms. The zero-order valence-electron chi connectivity index (χ0n) is 8.32. The Morgan fingerprint density at radius 1 is 1.73 bits per heavy atom. The van der Waals surface area contributed by atoms with Gasteiger partial charge in [-0.25, -0.2) is 0 Å². The first-order valence-electron chi connectivity index (χ1n) is 4.27. The number of nitrogen functional groups attached to an aromatic ring is 1. The molecule has 0 bridgehead atoms. The quantitative estimate of drug-likeness (QED) is 0.688. The Kier molecular flexibility index (Phi) is 2.81. The number of aromatic hydroxyl groups is 1. The van der Waals surface area contributed by atoms with Gasteiger partial charge in [0.25, 0.3) is 5.56 Å². The van der Waals surface area contributed by atoms with E-state index in [0.29, 0.717) is 5.56 Å². The summed E-state index contributed by atoms with van der Waals surface area (Å²) in [7, 11) is 0. The van der Waals surface area contributed by atoms with Crippen LogP contribution in [0.15, 0.2) is 17.4 Å². The molecule has 1 aromatic rings. The highest BCUT2D eigenvalue weighted by molar-refractivity contribution is 5.59. The van der Waals surface area contributed by atoms with E-state index in [2.05, 4.69) is 6.58 Å². The van der Waals surface area contributed by atoms with E-state index in [4.69, 9.17) is 11.0 Å². The zero-order valence-corrected chi connectivity index (χ0v) is 8.32. The van der Waals surface area contributed by atoms with Gasteiger partial charge in [0.05, 0.1) is 5.69 Å². The second-order valence-electron chi connectivity index (χ2n) is 3.05. The summed E-state index contributed by atoms with van der Waals surface area (Å²) in [5.41, 5.74) is 5.32. The average Bonchev–Trinajstić information content (AvgIpc) is 2.22. The summed E-state index contributed by atoms with van der Waals surface area (Å²) < 4.78 is 1.01. The molecule has 78 valence electrons. The molecule has 0 amide bonds. The van der Waals surface area contributed by atoms with Gasteiger partial charge < -0.3 is 10.8 Å². The SMILES string of the molecule is C=CCn1c(O)c(N)c(C)c(C#N)c1=O. The van der Waals surface area contributed by atoms with E-state index in [-0.39, 0.29) is 23.7 Å². The summed E-state index contributed by atoms with van der Waals surface area (Å²) in [4.78, 5) is 11.7. The second-order valence-corrected chi connectivity index (χ2v) is 3.05. The van der Waals surface area contributed by atoms with Gasteiger partial charge in [-0.15, -0.1) is 6.58 Å². The number of hydrogen-bond acceptors (Lipinski definition) is 4. The summed E-state index contributed by atoms with van der Waals surface area (Å²) >= 11 is 0. The van der Waals surface area contributed by atoms with E-state index in [1.54, 1.807) is 6.07 Å². The van der Waals surface area contributed by atoms with E-state index in [1.165, 1.54) is 13.0 Å². The lowest BCUT2D eigenvalue weighted by molar-refractivity contribution is 0.418. The molecule has 0 unspecified atom stereocenters. The predicted molar refractivity (Wildman–Crippen MR) is 56.4 cm³/mol. The first kappa shape index (κ1) is 10.9. The first-order valence-corrected chi connectivity index (χ1v) is 4.27. The topological polar surface area (TPSA) is 92.0 Å². The fourth-order valence-corrected chi connectivity index (χ4v) is 1.27. The smallest absolute Gasteiger partial charge is 0.271 e. The van der Waals surface area contributed by atoms with Crippen LogP contribution in [0.2, 0.25) is 0 Å². The highest BCUT2D eigenvalue weighted by atomic mass is 16.3. The van der Waals surface area contributed by atoms with Crippen molar-refractivity contribution in [3.63, 3.8) is 0 Å². The van der Waals surface area contributed by atoms with Gasteiger partial charge in [0.1, 0.15) is 11.6 Å². The maximum absolute atomic E-state index is 11.7. The van der Waals surface area contributed by atoms with Crippen molar-refractivity contribution in [2.45, 2.75) is 13.5 Å². The molecular weight excluding hydrogens is 194 g/mol. The van der Waals surface area contributed by atoms with E-state index in [1.807, 2.05) is 0 Å². The molecule has 0 aliphatic carbocycles. The molecule has 0 aliphatic heterocycles. The molecule has 0 atom stereocenters. The molecule has 1 aromatic heterocycles. The average molecular weight is 205 g/mol. The van der Waals surface area contributed by atoms with Crippen molar-refractivity contribution in [3.8, 4) is 11.9 Å². The van der Waals surface area contributed by atoms with Crippen molar-refractivity contribution in [1.29, 1.82) is 5.26 Å². The maximum atomic E-state index is 11.7. The third-order valence-electron chi connectivity index (χ3n) is 2.16. The van der Waals surface area contributed by atoms with Crippen LogP contribution in [0.3, 0.4) is 0 Å². The molecule has 1 heterocycles. The molecular formula is C10H11N3O2. The van der Waals surface area contributed by atoms with Crippen molar-refractivity contribution in [3.05, 3.63) is 34.1 Å². The highest BCUT2D eigenvalue weighted by Gasteiger charge is 2.15. The van der Waals surface area contributed by atoms with Gasteiger partial charge in [0.15, 0.2) is 0 Å². The van der Waals surface area contributed by atoms with Gasteiger partial charge >= 0.3 is 0 Å². The monoisotopic (exact) mass is 205 g/mol. The number of nitrogens with two attached hydrogens (primary N) is 1. The van der Waals surface area contributed by atoms with Gasteiger partial charge in [0, 0.05) is 12.1 Å². The fraction of sp³-hybridized carbons (Fsp3) is 0.200. The van der Waals surface area contributed by atoms with Crippen molar-refractivity contribution in [1.82, 2.24) is 4.57 Å². The summed E-state index contributed by atoms with van der Waals surface area (Å²) in [5.74, 6) is -0.323. The van der Waals surface area contributed by atoms with Crippen LogP contribution in [0.5, 0.6) is 5.88 Å². The standard InChI is InChI=1S/C10H11N3O2/c1-3-4-13-9(14)7(5-11)6(2)8(12)10(13)15/h3,15H,1,4,12H2,2H3. The molecule has 3 N–H and O–H groups in total. The molecule has 0 saturated carbocycles. The van der Waals surface area contributed by atoms with Gasteiger partial charge in [-0.05, 0) is 6.92 Å². The van der Waals surface area contributed by atoms with Crippen LogP contribution in [0.4, 0.5) is 5.69 Å². The highest BCUT2D eigenvalue weighted by Crippen LogP contribution is 2.23. The Hall–Kier alpha value is -2.22. The van der Waals surface area contributed by atoms with Gasteiger partial charge in [-0.2, -0.15) is 5.26 Å². The Morgan fingerprint density at radius 2 is 2.33 bits per heavy atom. The first-order chi connectivity index (χ1) is 7.04. The van der Waals surface area contributed by atoms with Crippen LogP contribution in [0, 0.1) is 18.3 Å². The summed E-state index contributed by atoms with van der Waals surface area (Å²) in [6, 6.07) is 1.77. The molecule has 5 heteroatoms. The molecule has 15 heavy (non-hydrogen) atoms. The fourth-order valence-electron chi connectivity index (χ4n) is 1.27. The second kappa shape index (κ2) is 3.88. The van der Waals surface area contributed by atoms with E-state index in [0.717, 1.165) is 4.57 Å². The van der Waals surface area contributed by atoms with E-state index < -0.39 is 5.56 Å². The van der Waals surface area contributed by atoms with Crippen molar-refractivity contribution >= 4 is 5.69 Å². The minimum Gasteiger partial charge on any atom is -0.493 e. The molecule has 0 fully saturated rings. The largest absolute Gasteiger partial charge is 0.493 e. The normalized spacial score (nSPS) is 9.60. The number of allylic oxidation sites excluding steroid dienone is 1. The lowest BCUT2D eigenvalue weighted by atomic mass is 10.1. The van der Waals surface area contributed by atoms with Crippen LogP contribution in [0.1, 0.15) is 11.1 Å². The molecule has 0 aromatic carbocycles. The predicted octanol–water partition coefficient (Wildman–Crippen LogP) is 0.502. The molecule has 1 rings (SSSR count). The van der Waals surface area contributed by atoms with Gasteiger partial charge in [0.2, 0.25) is 5.88 Å². The molecule has 0 radical (unpaired) electrons. The van der Waals surface area contributed by atoms with Crippen molar-refractivity contribution < 1.29 is 5.11 Å². The van der Waals surface area contributed by atoms with Crippen LogP contribution in [-0.4, -0.2) is 9.67 Å². The summed E-state index contributed by atoms with van der Waals surface area (Å²) in [6.45, 7) is 5.09. The van der Waals surface area contributed by atoms with Crippen LogP contribution < -0.4 is 11.3 Å². The number of nitrogens with zero attached hydrogens (tertiary/aromatic N) is 2. The Labute approximate surface area is 86.7 Å². The molecule has 0 aliphatic rings. The number of aromatic nitrogens is 1. The number of nitriles is 1. The third kappa shape index (κ3) is 1.57. The third-order valence-corrected chi connectivity index (χ3v) is 2.16. The van der Waals surface area contributed by atoms with E-state index >= 15 is 0 Å². The van der Waals surface area contributed by atoms with Crippen LogP contribution >= 0.6 is 0 Å². The van der Waals surface area contributed by atoms with Crippen molar-refractivity contribution in [2.24, 2.45) is 0 Å². The van der Waals surface area contributed by atoms with Crippen LogP contribution in [-0.2, 0) is 6.54 Å². The number of anilines is 1. The summed E-state index contributed by atoms with van der Waals surface area (Å²) in [6.07, 6.45) is 1.44. The Bertz CT molecular complexity index is 509. The summed E-state index contributed by atoms with van der Waals surface area (Å²) in [5, 5.41) is 18.4. The minimum absolute atomic E-state index is 0.0489. The van der Waals surface area contributed by atoms with E-state index in [9.17, 15) is 9.90 Å². The van der Waals surface area contributed by atoms with Gasteiger partial charge in [-0.3, -0.25) is 9.36 Å². The zero-order chi connectivity index (χ0) is 11.6. The number of rotatable bonds is 2. The minimum atomic E-state index is -0.554. The van der Waals surface area contributed by atoms with Crippen LogP contribution in [0.25, 0.3) is 0 Å². The Morgan fingerprint density at radius 3 is 2.80 bits per heavy atom. The molecule has 0 saturated heterocycles. The Balaban J connectivity index is 3.70. The number of pyridine rings is 1. The lowest BCUT2D eigenvalue weighted by Gasteiger charge is -2.11. The van der Waals surface area contributed by atoms with Gasteiger partial charge in [-0.1, -0.05) is 6.08 Å². The number of hydrogen-bond donors (Lipinski definition) is 2. The molecule has 5 nitrogen and oxygen atoms in total.